The second-order valence-electron chi connectivity index (χ2n) is 12.5. The fourth-order valence-corrected chi connectivity index (χ4v) is 5.30. The van der Waals surface area contributed by atoms with Crippen molar-refractivity contribution in [2.75, 3.05) is 39.5 Å². The van der Waals surface area contributed by atoms with Gasteiger partial charge in [0.05, 0.1) is 11.7 Å². The number of para-hydroxylation sites is 1. The minimum Gasteiger partial charge on any atom is -0.457 e. The van der Waals surface area contributed by atoms with Gasteiger partial charge in [-0.3, -0.25) is 13.9 Å². The molecule has 2 N–H and O–H groups in total. The monoisotopic (exact) mass is 827 g/mol. The average molecular weight is 828 g/mol. The highest BCUT2D eigenvalue weighted by molar-refractivity contribution is 5.88. The highest BCUT2D eigenvalue weighted by Crippen LogP contribution is 2.29. The third kappa shape index (κ3) is 15.5. The number of nitrogens with zero attached hydrogens (tertiary/aromatic N) is 6. The van der Waals surface area contributed by atoms with Crippen LogP contribution in [-0.2, 0) is 4.79 Å². The highest BCUT2D eigenvalue weighted by Gasteiger charge is 2.31. The van der Waals surface area contributed by atoms with E-state index in [1.54, 1.807) is 46.7 Å². The Kier molecular flexibility index (Phi) is 19.5. The summed E-state index contributed by atoms with van der Waals surface area (Å²) in [4.78, 5) is 38.7. The van der Waals surface area contributed by atoms with Crippen molar-refractivity contribution in [1.29, 1.82) is 0 Å². The molecule has 0 saturated carbocycles. The van der Waals surface area contributed by atoms with Crippen LogP contribution in [0.3, 0.4) is 0 Å². The quantitative estimate of drug-likeness (QED) is 0.225. The van der Waals surface area contributed by atoms with E-state index in [9.17, 15) is 9.59 Å². The molecule has 302 valence electrons. The molecule has 1 atom stereocenters. The van der Waals surface area contributed by atoms with Crippen LogP contribution in [0.5, 0.6) is 11.5 Å². The van der Waals surface area contributed by atoms with E-state index in [-0.39, 0.29) is 23.5 Å². The SMILES string of the molecule is C#CC#CC#CC#CC#CC#CC#CC#CC#CC#CC#CC#CC#CC.CN(C)C/C=C/C(=O)N1CC[C@H](n2c(=O)n(-c3ccc(Oc4ccccc4)cc3)c3c(N)ncnc32)C1. The van der Waals surface area contributed by atoms with Gasteiger partial charge in [0, 0.05) is 73.1 Å². The summed E-state index contributed by atoms with van der Waals surface area (Å²) in [6, 6.07) is 16.4. The minimum absolute atomic E-state index is 0.0655. The number of imidazole rings is 1. The summed E-state index contributed by atoms with van der Waals surface area (Å²) >= 11 is 0. The molecule has 1 fully saturated rings. The molecule has 0 bridgehead atoms. The van der Waals surface area contributed by atoms with Gasteiger partial charge in [0.25, 0.3) is 0 Å². The Labute approximate surface area is 374 Å². The number of ether oxygens (including phenoxy) is 1. The number of nitrogen functional groups attached to an aromatic ring is 1. The molecule has 10 nitrogen and oxygen atoms in total. The fraction of sp³-hybridized carbons (Fsp3) is 0.148. The van der Waals surface area contributed by atoms with Crippen molar-refractivity contribution in [2.45, 2.75) is 19.4 Å². The number of hydrogen-bond donors (Lipinski definition) is 1. The zero-order valence-corrected chi connectivity index (χ0v) is 34.9. The summed E-state index contributed by atoms with van der Waals surface area (Å²) in [6.45, 7) is 3.35. The molecule has 1 aliphatic heterocycles. The molecule has 1 saturated heterocycles. The Morgan fingerprint density at radius 1 is 0.750 bits per heavy atom. The van der Waals surface area contributed by atoms with Crippen LogP contribution in [-0.4, -0.2) is 68.5 Å². The molecule has 0 radical (unpaired) electrons. The molecule has 10 heteroatoms. The first-order valence-electron chi connectivity index (χ1n) is 18.9. The number of hydrogen-bond acceptors (Lipinski definition) is 7. The van der Waals surface area contributed by atoms with E-state index in [1.807, 2.05) is 55.4 Å². The Balaban J connectivity index is 0.000000298. The van der Waals surface area contributed by atoms with Gasteiger partial charge in [0.15, 0.2) is 11.5 Å². The molecule has 3 heterocycles. The molecule has 2 aromatic heterocycles. The molecule has 1 amide bonds. The molecule has 0 spiro atoms. The summed E-state index contributed by atoms with van der Waals surface area (Å²) in [5.41, 5.74) is 7.47. The number of aromatic nitrogens is 4. The zero-order valence-electron chi connectivity index (χ0n) is 34.9. The number of rotatable bonds is 7. The predicted molar refractivity (Wildman–Crippen MR) is 250 cm³/mol. The second kappa shape index (κ2) is 26.8. The number of amides is 1. The van der Waals surface area contributed by atoms with Crippen LogP contribution in [0, 0.1) is 154 Å². The van der Waals surface area contributed by atoms with Gasteiger partial charge >= 0.3 is 5.69 Å². The van der Waals surface area contributed by atoms with Crippen molar-refractivity contribution in [3.8, 4) is 172 Å². The molecule has 2 aromatic carbocycles. The zero-order chi connectivity index (χ0) is 45.6. The van der Waals surface area contributed by atoms with Crippen molar-refractivity contribution >= 4 is 22.9 Å². The number of nitrogens with two attached hydrogens (primary N) is 1. The van der Waals surface area contributed by atoms with E-state index in [2.05, 4.69) is 158 Å². The Hall–Kier alpha value is -10.2. The molecule has 5 rings (SSSR count). The van der Waals surface area contributed by atoms with Crippen LogP contribution in [0.25, 0.3) is 16.9 Å². The first kappa shape index (κ1) is 46.5. The van der Waals surface area contributed by atoms with Crippen LogP contribution in [0.2, 0.25) is 0 Å². The van der Waals surface area contributed by atoms with Crippen LogP contribution in [0.15, 0.2) is 77.9 Å². The van der Waals surface area contributed by atoms with Gasteiger partial charge in [-0.15, -0.1) is 6.42 Å². The second-order valence-corrected chi connectivity index (χ2v) is 12.5. The topological polar surface area (TPSA) is 112 Å². The van der Waals surface area contributed by atoms with E-state index < -0.39 is 0 Å². The fourth-order valence-electron chi connectivity index (χ4n) is 5.30. The summed E-state index contributed by atoms with van der Waals surface area (Å²) in [6.07, 6.45) is 10.3. The lowest BCUT2D eigenvalue weighted by molar-refractivity contribution is -0.125. The van der Waals surface area contributed by atoms with Crippen molar-refractivity contribution < 1.29 is 9.53 Å². The first-order chi connectivity index (χ1) is 31.3. The maximum absolute atomic E-state index is 13.8. The lowest BCUT2D eigenvalue weighted by Gasteiger charge is -2.15. The van der Waals surface area contributed by atoms with Crippen LogP contribution >= 0.6 is 0 Å². The number of likely N-dealkylation sites (N-methyl/N-ethyl adjacent to an activating group) is 1. The molecule has 1 aliphatic rings. The Morgan fingerprint density at radius 3 is 1.75 bits per heavy atom. The number of likely N-dealkylation sites (tertiary alicyclic amines) is 1. The lowest BCUT2D eigenvalue weighted by atomic mass is 10.2. The molecular formula is C54H33N7O3. The standard InChI is InChI=1S/C27H29N7O3.C27H4/c1-31(2)15-6-9-23(35)32-16-14-20(17-32)34-26-24(25(28)29-18-30-26)33(27(34)36)19-10-12-22(13-11-19)37-21-7-4-3-5-8-21;1-3-5-7-9-11-13-15-17-19-21-23-25-27-26-24-22-20-18-16-14-12-10-8-6-4-2/h3-13,18,20H,14-17H2,1-2H3,(H2,28,29,30);1H,2H3/b9-6+;/t20-;/m0./s1. The van der Waals surface area contributed by atoms with E-state index >= 15 is 0 Å². The van der Waals surface area contributed by atoms with Gasteiger partial charge in [-0.2, -0.15) is 0 Å². The highest BCUT2D eigenvalue weighted by atomic mass is 16.5. The van der Waals surface area contributed by atoms with Crippen molar-refractivity contribution in [2.24, 2.45) is 0 Å². The van der Waals surface area contributed by atoms with Crippen molar-refractivity contribution in [1.82, 2.24) is 28.9 Å². The van der Waals surface area contributed by atoms with Crippen LogP contribution in [0.1, 0.15) is 19.4 Å². The van der Waals surface area contributed by atoms with Gasteiger partial charge in [-0.1, -0.05) is 30.2 Å². The summed E-state index contributed by atoms with van der Waals surface area (Å²) in [5, 5.41) is 0. The van der Waals surface area contributed by atoms with E-state index in [4.69, 9.17) is 16.9 Å². The van der Waals surface area contributed by atoms with Gasteiger partial charge in [-0.05, 0) is 159 Å². The summed E-state index contributed by atoms with van der Waals surface area (Å²) < 4.78 is 9.05. The smallest absolute Gasteiger partial charge is 0.335 e. The van der Waals surface area contributed by atoms with Crippen molar-refractivity contribution in [3.63, 3.8) is 0 Å². The number of fused-ring (bicyclic) bond motifs is 1. The number of benzene rings is 2. The molecule has 0 unspecified atom stereocenters. The Morgan fingerprint density at radius 2 is 1.25 bits per heavy atom. The summed E-state index contributed by atoms with van der Waals surface area (Å²) in [7, 11) is 3.89. The van der Waals surface area contributed by atoms with E-state index in [0.717, 1.165) is 5.75 Å². The Bertz CT molecular complexity index is 3330. The molecule has 4 aromatic rings. The predicted octanol–water partition coefficient (Wildman–Crippen LogP) is 3.53. The van der Waals surface area contributed by atoms with Crippen LogP contribution < -0.4 is 16.2 Å². The molecule has 64 heavy (non-hydrogen) atoms. The average Bonchev–Trinajstić information content (AvgIpc) is 3.90. The number of terminal acetylenes is 1. The summed E-state index contributed by atoms with van der Waals surface area (Å²) in [5.74, 6) is 63.4. The van der Waals surface area contributed by atoms with Crippen LogP contribution in [0.4, 0.5) is 5.82 Å². The third-order valence-corrected chi connectivity index (χ3v) is 7.90. The lowest BCUT2D eigenvalue weighted by Crippen LogP contribution is -2.31. The van der Waals surface area contributed by atoms with Gasteiger partial charge < -0.3 is 20.3 Å². The molecule has 0 aliphatic carbocycles. The number of carbonyl (C=O) groups is 1. The van der Waals surface area contributed by atoms with Crippen molar-refractivity contribution in [3.05, 3.63) is 83.6 Å². The first-order valence-corrected chi connectivity index (χ1v) is 18.9. The van der Waals surface area contributed by atoms with Gasteiger partial charge in [0.1, 0.15) is 23.3 Å². The van der Waals surface area contributed by atoms with E-state index in [1.165, 1.54) is 10.9 Å². The van der Waals surface area contributed by atoms with Gasteiger partial charge in [-0.25, -0.2) is 14.8 Å². The number of anilines is 1. The van der Waals surface area contributed by atoms with Gasteiger partial charge in [0.2, 0.25) is 5.91 Å². The largest absolute Gasteiger partial charge is 0.457 e. The van der Waals surface area contributed by atoms with E-state index in [0.29, 0.717) is 48.7 Å². The minimum atomic E-state index is -0.277. The number of carbonyl (C=O) groups excluding carboxylic acids is 1. The normalized spacial score (nSPS) is 10.7. The maximum Gasteiger partial charge on any atom is 0.335 e. The maximum atomic E-state index is 13.8. The molecular weight excluding hydrogens is 795 g/mol. The third-order valence-electron chi connectivity index (χ3n) is 7.90.